The molecule has 2 heterocycles. The maximum Gasteiger partial charge on any atom is 0.314 e. The van der Waals surface area contributed by atoms with Crippen LogP contribution < -0.4 is 4.90 Å². The molecule has 0 spiro atoms. The smallest absolute Gasteiger partial charge is 0.314 e. The summed E-state index contributed by atoms with van der Waals surface area (Å²) in [5, 5.41) is 21.2. The molecule has 0 amide bonds. The molecule has 0 aliphatic carbocycles. The van der Waals surface area contributed by atoms with Crippen LogP contribution in [0.4, 0.5) is 11.5 Å². The van der Waals surface area contributed by atoms with Gasteiger partial charge in [0.1, 0.15) is 0 Å². The molecule has 0 aromatic carbocycles. The van der Waals surface area contributed by atoms with E-state index in [1.807, 2.05) is 6.92 Å². The van der Waals surface area contributed by atoms with E-state index in [1.165, 1.54) is 0 Å². The van der Waals surface area contributed by atoms with Crippen LogP contribution in [0, 0.1) is 17.0 Å². The van der Waals surface area contributed by atoms with Crippen molar-refractivity contribution in [2.24, 2.45) is 0 Å². The number of nitrogens with zero attached hydrogens (tertiary/aromatic N) is 3. The van der Waals surface area contributed by atoms with Crippen molar-refractivity contribution in [2.75, 3.05) is 18.0 Å². The highest BCUT2D eigenvalue weighted by Gasteiger charge is 2.43. The SMILES string of the molecule is CCCC1(O)CN(c2nccc(C)c2[N+](=O)[O-])C1. The van der Waals surface area contributed by atoms with Gasteiger partial charge in [-0.1, -0.05) is 13.3 Å². The van der Waals surface area contributed by atoms with E-state index in [1.54, 1.807) is 24.1 Å². The van der Waals surface area contributed by atoms with Gasteiger partial charge in [-0.2, -0.15) is 0 Å². The average Bonchev–Trinajstić information content (AvgIpc) is 2.25. The van der Waals surface area contributed by atoms with Crippen LogP contribution in [0.1, 0.15) is 25.3 Å². The second kappa shape index (κ2) is 4.53. The van der Waals surface area contributed by atoms with Gasteiger partial charge in [-0.15, -0.1) is 0 Å². The van der Waals surface area contributed by atoms with E-state index in [-0.39, 0.29) is 5.69 Å². The lowest BCUT2D eigenvalue weighted by Gasteiger charge is -2.46. The number of β-amino-alcohol motifs (C(OH)–C–C–N with tert-alkyl or cyclic N) is 1. The molecule has 1 saturated heterocycles. The molecule has 0 bridgehead atoms. The molecule has 1 N–H and O–H groups in total. The van der Waals surface area contributed by atoms with Gasteiger partial charge in [0.2, 0.25) is 5.82 Å². The topological polar surface area (TPSA) is 79.5 Å². The van der Waals surface area contributed by atoms with Crippen LogP contribution in [0.5, 0.6) is 0 Å². The van der Waals surface area contributed by atoms with Crippen LogP contribution in [0.25, 0.3) is 0 Å². The fourth-order valence-electron chi connectivity index (χ4n) is 2.43. The Kier molecular flexibility index (Phi) is 3.21. The Bertz CT molecular complexity index is 470. The first-order valence-electron chi connectivity index (χ1n) is 6.04. The Morgan fingerprint density at radius 3 is 2.83 bits per heavy atom. The molecule has 1 aromatic rings. The second-order valence-corrected chi connectivity index (χ2v) is 4.89. The first kappa shape index (κ1) is 12.8. The number of nitro groups is 1. The maximum absolute atomic E-state index is 11.1. The number of aromatic nitrogens is 1. The van der Waals surface area contributed by atoms with Crippen LogP contribution in [0.2, 0.25) is 0 Å². The van der Waals surface area contributed by atoms with E-state index in [4.69, 9.17) is 0 Å². The predicted octanol–water partition coefficient (Wildman–Crippen LogP) is 1.65. The standard InChI is InChI=1S/C12H17N3O3/c1-3-5-12(16)7-14(8-12)11-10(15(17)18)9(2)4-6-13-11/h4,6,16H,3,5,7-8H2,1-2H3. The van der Waals surface area contributed by atoms with Crippen molar-refractivity contribution in [1.82, 2.24) is 4.98 Å². The van der Waals surface area contributed by atoms with Gasteiger partial charge in [-0.25, -0.2) is 4.98 Å². The molecule has 1 aliphatic heterocycles. The largest absolute Gasteiger partial charge is 0.386 e. The van der Waals surface area contributed by atoms with Crippen molar-refractivity contribution in [3.8, 4) is 0 Å². The number of anilines is 1. The van der Waals surface area contributed by atoms with Crippen molar-refractivity contribution in [3.05, 3.63) is 27.9 Å². The molecular formula is C12H17N3O3. The summed E-state index contributed by atoms with van der Waals surface area (Å²) in [4.78, 5) is 16.5. The molecule has 1 aromatic heterocycles. The zero-order chi connectivity index (χ0) is 13.3. The highest BCUT2D eigenvalue weighted by Crippen LogP contribution is 2.36. The van der Waals surface area contributed by atoms with Gasteiger partial charge >= 0.3 is 5.69 Å². The second-order valence-electron chi connectivity index (χ2n) is 4.89. The molecule has 18 heavy (non-hydrogen) atoms. The quantitative estimate of drug-likeness (QED) is 0.650. The van der Waals surface area contributed by atoms with E-state index in [0.717, 1.165) is 6.42 Å². The number of aliphatic hydroxyl groups is 1. The summed E-state index contributed by atoms with van der Waals surface area (Å²) in [6.07, 6.45) is 3.17. The Morgan fingerprint density at radius 2 is 2.28 bits per heavy atom. The Balaban J connectivity index is 2.22. The van der Waals surface area contributed by atoms with Gasteiger partial charge in [-0.05, 0) is 19.4 Å². The molecule has 0 saturated carbocycles. The van der Waals surface area contributed by atoms with Crippen LogP contribution in [-0.4, -0.2) is 33.7 Å². The van der Waals surface area contributed by atoms with Crippen LogP contribution in [-0.2, 0) is 0 Å². The van der Waals surface area contributed by atoms with Gasteiger partial charge in [0.15, 0.2) is 0 Å². The lowest BCUT2D eigenvalue weighted by atomic mass is 9.89. The number of aryl methyl sites for hydroxylation is 1. The van der Waals surface area contributed by atoms with E-state index < -0.39 is 10.5 Å². The highest BCUT2D eigenvalue weighted by atomic mass is 16.6. The minimum Gasteiger partial charge on any atom is -0.386 e. The number of hydrogen-bond donors (Lipinski definition) is 1. The molecule has 1 fully saturated rings. The third-order valence-electron chi connectivity index (χ3n) is 3.27. The van der Waals surface area contributed by atoms with Crippen LogP contribution >= 0.6 is 0 Å². The lowest BCUT2D eigenvalue weighted by Crippen LogP contribution is -2.62. The zero-order valence-electron chi connectivity index (χ0n) is 10.6. The molecule has 98 valence electrons. The van der Waals surface area contributed by atoms with Crippen molar-refractivity contribution in [3.63, 3.8) is 0 Å². The van der Waals surface area contributed by atoms with E-state index in [2.05, 4.69) is 4.98 Å². The molecule has 0 radical (unpaired) electrons. The molecule has 6 heteroatoms. The first-order chi connectivity index (χ1) is 8.47. The molecule has 0 atom stereocenters. The minimum atomic E-state index is -0.714. The maximum atomic E-state index is 11.1. The van der Waals surface area contributed by atoms with Crippen molar-refractivity contribution < 1.29 is 10.0 Å². The average molecular weight is 251 g/mol. The van der Waals surface area contributed by atoms with Crippen LogP contribution in [0.3, 0.4) is 0 Å². The van der Waals surface area contributed by atoms with Gasteiger partial charge in [0.05, 0.1) is 23.6 Å². The fourth-order valence-corrected chi connectivity index (χ4v) is 2.43. The third kappa shape index (κ3) is 2.15. The highest BCUT2D eigenvalue weighted by molar-refractivity contribution is 5.63. The van der Waals surface area contributed by atoms with Crippen molar-refractivity contribution >= 4 is 11.5 Å². The Labute approximate surface area is 105 Å². The normalized spacial score (nSPS) is 17.4. The minimum absolute atomic E-state index is 0.0380. The summed E-state index contributed by atoms with van der Waals surface area (Å²) in [5.41, 5.74) is -0.0828. The third-order valence-corrected chi connectivity index (χ3v) is 3.27. The van der Waals surface area contributed by atoms with E-state index >= 15 is 0 Å². The lowest BCUT2D eigenvalue weighted by molar-refractivity contribution is -0.385. The molecule has 6 nitrogen and oxygen atoms in total. The summed E-state index contributed by atoms with van der Waals surface area (Å²) in [6.45, 7) is 4.53. The van der Waals surface area contributed by atoms with Gasteiger partial charge in [-0.3, -0.25) is 10.1 Å². The summed E-state index contributed by atoms with van der Waals surface area (Å²) in [5.74, 6) is 0.362. The molecule has 2 rings (SSSR count). The number of pyridine rings is 1. The Morgan fingerprint density at radius 1 is 1.61 bits per heavy atom. The van der Waals surface area contributed by atoms with Crippen LogP contribution in [0.15, 0.2) is 12.3 Å². The van der Waals surface area contributed by atoms with Gasteiger partial charge < -0.3 is 10.0 Å². The first-order valence-corrected chi connectivity index (χ1v) is 6.04. The van der Waals surface area contributed by atoms with E-state index in [9.17, 15) is 15.2 Å². The Hall–Kier alpha value is -1.69. The summed E-state index contributed by atoms with van der Waals surface area (Å²) in [6, 6.07) is 1.62. The van der Waals surface area contributed by atoms with Gasteiger partial charge in [0, 0.05) is 11.8 Å². The molecule has 0 unspecified atom stereocenters. The van der Waals surface area contributed by atoms with E-state index in [0.29, 0.717) is 30.9 Å². The summed E-state index contributed by atoms with van der Waals surface area (Å²) in [7, 11) is 0. The van der Waals surface area contributed by atoms with Crippen molar-refractivity contribution in [2.45, 2.75) is 32.3 Å². The molecular weight excluding hydrogens is 234 g/mol. The number of hydrogen-bond acceptors (Lipinski definition) is 5. The van der Waals surface area contributed by atoms with Crippen molar-refractivity contribution in [1.29, 1.82) is 0 Å². The zero-order valence-corrected chi connectivity index (χ0v) is 10.6. The summed E-state index contributed by atoms with van der Waals surface area (Å²) < 4.78 is 0. The molecule has 1 aliphatic rings. The summed E-state index contributed by atoms with van der Waals surface area (Å²) >= 11 is 0. The van der Waals surface area contributed by atoms with Gasteiger partial charge in [0.25, 0.3) is 0 Å². The predicted molar refractivity (Wildman–Crippen MR) is 67.7 cm³/mol. The monoisotopic (exact) mass is 251 g/mol. The fraction of sp³-hybridized carbons (Fsp3) is 0.583. The number of rotatable bonds is 4.